The Morgan fingerprint density at radius 2 is 1.79 bits per heavy atom. The van der Waals surface area contributed by atoms with Crippen LogP contribution in [-0.4, -0.2) is 26.8 Å². The van der Waals surface area contributed by atoms with Gasteiger partial charge in [0.05, 0.1) is 10.9 Å². The van der Waals surface area contributed by atoms with E-state index in [1.54, 1.807) is 4.57 Å². The number of aryl methyl sites for hydroxylation is 1. The summed E-state index contributed by atoms with van der Waals surface area (Å²) in [6.07, 6.45) is 4.70. The van der Waals surface area contributed by atoms with E-state index in [1.807, 2.05) is 54.2 Å². The lowest BCUT2D eigenvalue weighted by Gasteiger charge is -2.19. The number of rotatable bonds is 6. The fourth-order valence-corrected chi connectivity index (χ4v) is 4.23. The first-order chi connectivity index (χ1) is 15.8. The Morgan fingerprint density at radius 1 is 1.09 bits per heavy atom. The van der Waals surface area contributed by atoms with Crippen LogP contribution in [0.2, 0.25) is 0 Å². The lowest BCUT2D eigenvalue weighted by Crippen LogP contribution is -2.19. The third kappa shape index (κ3) is 3.67. The first kappa shape index (κ1) is 20.9. The van der Waals surface area contributed by atoms with Crippen LogP contribution in [0.4, 0.5) is 8.78 Å². The maximum Gasteiger partial charge on any atom is 0.387 e. The number of pyridine rings is 1. The van der Waals surface area contributed by atoms with Gasteiger partial charge in [-0.2, -0.15) is 8.78 Å². The summed E-state index contributed by atoms with van der Waals surface area (Å²) in [6, 6.07) is 14.3. The molecular formula is C25H20F2N2O4. The molecule has 0 saturated heterocycles. The van der Waals surface area contributed by atoms with E-state index < -0.39 is 23.6 Å². The highest BCUT2D eigenvalue weighted by Gasteiger charge is 2.30. The Kier molecular flexibility index (Phi) is 5.00. The summed E-state index contributed by atoms with van der Waals surface area (Å²) < 4.78 is 35.5. The summed E-state index contributed by atoms with van der Waals surface area (Å²) in [5.41, 5.74) is 2.09. The number of ether oxygens (including phenoxy) is 1. The number of hydrogen-bond acceptors (Lipinski definition) is 3. The normalized spacial score (nSPS) is 13.6. The highest BCUT2D eigenvalue weighted by molar-refractivity contribution is 5.97. The van der Waals surface area contributed by atoms with Crippen LogP contribution in [0.1, 0.15) is 29.2 Å². The van der Waals surface area contributed by atoms with Gasteiger partial charge in [0.1, 0.15) is 5.56 Å². The standard InChI is InChI=1S/C25H20F2N2O4/c1-28-12-2-3-20(28)15-6-4-14(5-7-15)17-10-11-18-21(23(17)33-25(26)27)29(16-8-9-16)13-19(22(18)30)24(31)32/h2-7,10-13,16,25H,8-9H2,1H3,(H,31,32). The van der Waals surface area contributed by atoms with Crippen LogP contribution in [-0.2, 0) is 7.05 Å². The summed E-state index contributed by atoms with van der Waals surface area (Å²) >= 11 is 0. The summed E-state index contributed by atoms with van der Waals surface area (Å²) in [6.45, 7) is -3.11. The molecule has 168 valence electrons. The van der Waals surface area contributed by atoms with Crippen molar-refractivity contribution in [2.24, 2.45) is 7.05 Å². The number of carboxylic acid groups (broad SMARTS) is 1. The van der Waals surface area contributed by atoms with Gasteiger partial charge >= 0.3 is 12.6 Å². The molecule has 1 aliphatic rings. The van der Waals surface area contributed by atoms with Crippen LogP contribution in [0.3, 0.4) is 0 Å². The molecule has 0 spiro atoms. The minimum atomic E-state index is -3.11. The van der Waals surface area contributed by atoms with Gasteiger partial charge in [0.25, 0.3) is 0 Å². The molecule has 2 heterocycles. The molecule has 0 bridgehead atoms. The van der Waals surface area contributed by atoms with Gasteiger partial charge < -0.3 is 19.0 Å². The summed E-state index contributed by atoms with van der Waals surface area (Å²) in [5.74, 6) is -1.48. The van der Waals surface area contributed by atoms with E-state index >= 15 is 0 Å². The highest BCUT2D eigenvalue weighted by Crippen LogP contribution is 2.43. The van der Waals surface area contributed by atoms with Crippen LogP contribution >= 0.6 is 0 Å². The average Bonchev–Trinajstić information content (AvgIpc) is 3.54. The maximum absolute atomic E-state index is 13.5. The Bertz CT molecular complexity index is 1430. The van der Waals surface area contributed by atoms with Crippen molar-refractivity contribution in [3.63, 3.8) is 0 Å². The molecule has 33 heavy (non-hydrogen) atoms. The quantitative estimate of drug-likeness (QED) is 0.432. The molecule has 0 unspecified atom stereocenters. The Hall–Kier alpha value is -3.94. The van der Waals surface area contributed by atoms with E-state index in [4.69, 9.17) is 4.74 Å². The smallest absolute Gasteiger partial charge is 0.387 e. The van der Waals surface area contributed by atoms with Crippen molar-refractivity contribution >= 4 is 16.9 Å². The number of benzene rings is 2. The molecule has 1 saturated carbocycles. The van der Waals surface area contributed by atoms with Crippen LogP contribution in [0.5, 0.6) is 5.75 Å². The number of hydrogen-bond donors (Lipinski definition) is 1. The van der Waals surface area contributed by atoms with Crippen LogP contribution in [0.25, 0.3) is 33.3 Å². The number of carbonyl (C=O) groups is 1. The van der Waals surface area contributed by atoms with E-state index in [9.17, 15) is 23.5 Å². The minimum absolute atomic E-state index is 0.0432. The summed E-state index contributed by atoms with van der Waals surface area (Å²) in [7, 11) is 1.93. The zero-order valence-electron chi connectivity index (χ0n) is 17.7. The molecule has 5 rings (SSSR count). The molecule has 8 heteroatoms. The monoisotopic (exact) mass is 450 g/mol. The average molecular weight is 450 g/mol. The number of alkyl halides is 2. The van der Waals surface area contributed by atoms with Crippen molar-refractivity contribution in [2.45, 2.75) is 25.5 Å². The largest absolute Gasteiger partial charge is 0.477 e. The van der Waals surface area contributed by atoms with Gasteiger partial charge in [0.15, 0.2) is 5.75 Å². The first-order valence-corrected chi connectivity index (χ1v) is 10.5. The number of aromatic nitrogens is 2. The third-order valence-corrected chi connectivity index (χ3v) is 5.96. The number of carboxylic acids is 1. The SMILES string of the molecule is Cn1cccc1-c1ccc(-c2ccc3c(=O)c(C(=O)O)cn(C4CC4)c3c2OC(F)F)cc1. The molecule has 0 aliphatic heterocycles. The van der Waals surface area contributed by atoms with Crippen LogP contribution < -0.4 is 10.2 Å². The maximum atomic E-state index is 13.5. The zero-order chi connectivity index (χ0) is 23.3. The molecule has 0 atom stereocenters. The lowest BCUT2D eigenvalue weighted by molar-refractivity contribution is -0.0486. The second kappa shape index (κ2) is 7.88. The number of aromatic carboxylic acids is 1. The number of nitrogens with zero attached hydrogens (tertiary/aromatic N) is 2. The zero-order valence-corrected chi connectivity index (χ0v) is 17.7. The third-order valence-electron chi connectivity index (χ3n) is 5.96. The van der Waals surface area contributed by atoms with Gasteiger partial charge in [0.2, 0.25) is 5.43 Å². The van der Waals surface area contributed by atoms with E-state index in [2.05, 4.69) is 0 Å². The molecule has 2 aromatic heterocycles. The van der Waals surface area contributed by atoms with E-state index in [-0.39, 0.29) is 22.7 Å². The van der Waals surface area contributed by atoms with Gasteiger partial charge in [0, 0.05) is 36.7 Å². The number of halogens is 2. The van der Waals surface area contributed by atoms with Gasteiger partial charge in [-0.25, -0.2) is 4.79 Å². The Morgan fingerprint density at radius 3 is 2.36 bits per heavy atom. The highest BCUT2D eigenvalue weighted by atomic mass is 19.3. The van der Waals surface area contributed by atoms with Gasteiger partial charge in [-0.05, 0) is 48.2 Å². The van der Waals surface area contributed by atoms with Crippen molar-refractivity contribution in [1.82, 2.24) is 9.13 Å². The fourth-order valence-electron chi connectivity index (χ4n) is 4.23. The molecule has 1 fully saturated rings. The number of fused-ring (bicyclic) bond motifs is 1. The Labute approximate surface area is 187 Å². The second-order valence-electron chi connectivity index (χ2n) is 8.11. The van der Waals surface area contributed by atoms with Gasteiger partial charge in [-0.3, -0.25) is 4.79 Å². The second-order valence-corrected chi connectivity index (χ2v) is 8.11. The lowest BCUT2D eigenvalue weighted by atomic mass is 9.99. The molecule has 1 aliphatic carbocycles. The minimum Gasteiger partial charge on any atom is -0.477 e. The van der Waals surface area contributed by atoms with Crippen molar-refractivity contribution < 1.29 is 23.4 Å². The van der Waals surface area contributed by atoms with Crippen molar-refractivity contribution in [1.29, 1.82) is 0 Å². The van der Waals surface area contributed by atoms with Crippen molar-refractivity contribution in [3.8, 4) is 28.1 Å². The van der Waals surface area contributed by atoms with Crippen LogP contribution in [0, 0.1) is 0 Å². The fraction of sp³-hybridized carbons (Fsp3) is 0.200. The molecule has 6 nitrogen and oxygen atoms in total. The topological polar surface area (TPSA) is 73.5 Å². The van der Waals surface area contributed by atoms with E-state index in [0.717, 1.165) is 24.1 Å². The predicted molar refractivity (Wildman–Crippen MR) is 120 cm³/mol. The Balaban J connectivity index is 1.73. The first-order valence-electron chi connectivity index (χ1n) is 10.5. The summed E-state index contributed by atoms with van der Waals surface area (Å²) in [4.78, 5) is 24.4. The molecule has 1 N–H and O–H groups in total. The molecule has 2 aromatic carbocycles. The molecule has 0 radical (unpaired) electrons. The summed E-state index contributed by atoms with van der Waals surface area (Å²) in [5, 5.41) is 9.50. The molecular weight excluding hydrogens is 430 g/mol. The van der Waals surface area contributed by atoms with E-state index in [0.29, 0.717) is 11.1 Å². The van der Waals surface area contributed by atoms with Gasteiger partial charge in [-0.1, -0.05) is 24.3 Å². The van der Waals surface area contributed by atoms with Crippen LogP contribution in [0.15, 0.2) is 65.7 Å². The van der Waals surface area contributed by atoms with Gasteiger partial charge in [-0.15, -0.1) is 0 Å². The molecule has 0 amide bonds. The van der Waals surface area contributed by atoms with Crippen molar-refractivity contribution in [3.05, 3.63) is 76.7 Å². The van der Waals surface area contributed by atoms with Crippen molar-refractivity contribution in [2.75, 3.05) is 0 Å². The van der Waals surface area contributed by atoms with E-state index in [1.165, 1.54) is 18.3 Å². The predicted octanol–water partition coefficient (Wildman–Crippen LogP) is 5.31. The molecule has 4 aromatic rings.